The van der Waals surface area contributed by atoms with E-state index in [4.69, 9.17) is 0 Å². The molecule has 0 spiro atoms. The third kappa shape index (κ3) is 7.33. The van der Waals surface area contributed by atoms with Crippen LogP contribution in [0.2, 0.25) is 0 Å². The van der Waals surface area contributed by atoms with Crippen molar-refractivity contribution in [3.63, 3.8) is 0 Å². The van der Waals surface area contributed by atoms with Crippen LogP contribution in [0.1, 0.15) is 26.7 Å². The Morgan fingerprint density at radius 2 is 2.27 bits per heavy atom. The minimum atomic E-state index is -0.0143. The summed E-state index contributed by atoms with van der Waals surface area (Å²) >= 11 is 0. The molecule has 0 aliphatic rings. The zero-order chi connectivity index (χ0) is 11.5. The van der Waals surface area contributed by atoms with Crippen LogP contribution in [0.4, 0.5) is 0 Å². The second-order valence-electron chi connectivity index (χ2n) is 2.81. The maximum Gasteiger partial charge on any atom is 0.225 e. The fourth-order valence-corrected chi connectivity index (χ4v) is 0.906. The van der Waals surface area contributed by atoms with Crippen molar-refractivity contribution < 1.29 is 4.79 Å². The van der Waals surface area contributed by atoms with Crippen LogP contribution >= 0.6 is 0 Å². The van der Waals surface area contributed by atoms with E-state index in [0.29, 0.717) is 12.8 Å². The second-order valence-corrected chi connectivity index (χ2v) is 2.81. The van der Waals surface area contributed by atoms with Crippen LogP contribution in [0.3, 0.4) is 0 Å². The largest absolute Gasteiger partial charge is 0.326 e. The van der Waals surface area contributed by atoms with E-state index in [2.05, 4.69) is 23.7 Å². The smallest absolute Gasteiger partial charge is 0.225 e. The van der Waals surface area contributed by atoms with Gasteiger partial charge in [0.15, 0.2) is 0 Å². The van der Waals surface area contributed by atoms with Gasteiger partial charge in [-0.05, 0) is 19.9 Å². The van der Waals surface area contributed by atoms with Crippen molar-refractivity contribution >= 4 is 5.91 Å². The number of carbonyl (C=O) groups excluding carboxylic acids is 1. The Kier molecular flexibility index (Phi) is 7.80. The average molecular weight is 203 g/mol. The molecule has 1 amide bonds. The van der Waals surface area contributed by atoms with Gasteiger partial charge in [0.05, 0.1) is 0 Å². The molecule has 0 aliphatic carbocycles. The topological polar surface area (TPSA) is 29.1 Å². The van der Waals surface area contributed by atoms with Gasteiger partial charge in [-0.25, -0.2) is 0 Å². The molecule has 0 aromatic carbocycles. The van der Waals surface area contributed by atoms with Gasteiger partial charge < -0.3 is 5.32 Å². The lowest BCUT2D eigenvalue weighted by Gasteiger charge is -2.03. The Labute approximate surface area is 91.8 Å². The van der Waals surface area contributed by atoms with Crippen LogP contribution < -0.4 is 5.32 Å². The van der Waals surface area contributed by atoms with Crippen LogP contribution in [-0.2, 0) is 4.79 Å². The lowest BCUT2D eigenvalue weighted by Crippen LogP contribution is -2.21. The van der Waals surface area contributed by atoms with Crippen LogP contribution in [0.5, 0.6) is 0 Å². The Balaban J connectivity index is 4.06. The number of allylic oxidation sites excluding steroid dienone is 4. The Hall–Kier alpha value is -1.75. The highest BCUT2D eigenvalue weighted by molar-refractivity contribution is 5.78. The summed E-state index contributed by atoms with van der Waals surface area (Å²) in [5.74, 6) is 5.59. The number of rotatable bonds is 5. The predicted octanol–water partition coefficient (Wildman–Crippen LogP) is 2.55. The highest BCUT2D eigenvalue weighted by atomic mass is 16.1. The molecule has 0 rings (SSSR count). The Bertz CT molecular complexity index is 326. The maximum absolute atomic E-state index is 11.4. The summed E-state index contributed by atoms with van der Waals surface area (Å²) in [6, 6.07) is 0. The molecule has 80 valence electrons. The van der Waals surface area contributed by atoms with Gasteiger partial charge in [-0.3, -0.25) is 4.79 Å². The number of hydrogen-bond acceptors (Lipinski definition) is 1. The van der Waals surface area contributed by atoms with Gasteiger partial charge >= 0.3 is 0 Å². The molecule has 0 bridgehead atoms. The van der Waals surface area contributed by atoms with Crippen molar-refractivity contribution in [2.75, 3.05) is 0 Å². The standard InChI is InChI=1S/C13H17NO/c1-4-7-9-11-13(15)14-12(6-3)10-8-5-2/h5-6,8,10H,2,9,11H2,1,3H3,(H,14,15)/b10-8-,12-6+. The lowest BCUT2D eigenvalue weighted by molar-refractivity contribution is -0.120. The summed E-state index contributed by atoms with van der Waals surface area (Å²) in [5, 5.41) is 2.78. The maximum atomic E-state index is 11.4. The Morgan fingerprint density at radius 3 is 2.80 bits per heavy atom. The first-order chi connectivity index (χ1) is 7.24. The fourth-order valence-electron chi connectivity index (χ4n) is 0.906. The summed E-state index contributed by atoms with van der Waals surface area (Å²) in [4.78, 5) is 11.4. The molecule has 0 radical (unpaired) electrons. The van der Waals surface area contributed by atoms with Gasteiger partial charge in [-0.2, -0.15) is 0 Å². The molecular formula is C13H17NO. The average Bonchev–Trinajstić information content (AvgIpc) is 2.24. The van der Waals surface area contributed by atoms with Crippen molar-refractivity contribution in [2.45, 2.75) is 26.7 Å². The first kappa shape index (κ1) is 13.2. The van der Waals surface area contributed by atoms with Crippen LogP contribution in [0, 0.1) is 11.8 Å². The Morgan fingerprint density at radius 1 is 1.53 bits per heavy atom. The van der Waals surface area contributed by atoms with Gasteiger partial charge in [0, 0.05) is 18.5 Å². The van der Waals surface area contributed by atoms with E-state index in [9.17, 15) is 4.79 Å². The molecule has 0 unspecified atom stereocenters. The predicted molar refractivity (Wildman–Crippen MR) is 63.9 cm³/mol. The summed E-state index contributed by atoms with van der Waals surface area (Å²) < 4.78 is 0. The van der Waals surface area contributed by atoms with Crippen LogP contribution in [0.25, 0.3) is 0 Å². The van der Waals surface area contributed by atoms with E-state index < -0.39 is 0 Å². The molecule has 2 heteroatoms. The molecule has 0 fully saturated rings. The van der Waals surface area contributed by atoms with Gasteiger partial charge in [0.2, 0.25) is 5.91 Å². The molecule has 1 N–H and O–H groups in total. The summed E-state index contributed by atoms with van der Waals surface area (Å²) in [6.07, 6.45) is 8.12. The van der Waals surface area contributed by atoms with Gasteiger partial charge in [0.1, 0.15) is 0 Å². The lowest BCUT2D eigenvalue weighted by atomic mass is 10.2. The molecular weight excluding hydrogens is 186 g/mol. The van der Waals surface area contributed by atoms with Crippen molar-refractivity contribution in [1.82, 2.24) is 5.32 Å². The SMILES string of the molecule is C=C/C=C\C(=C/C)NC(=O)CCC#CC. The molecule has 0 aromatic rings. The van der Waals surface area contributed by atoms with E-state index in [1.807, 2.05) is 13.0 Å². The monoisotopic (exact) mass is 203 g/mol. The first-order valence-electron chi connectivity index (χ1n) is 4.89. The molecule has 0 atom stereocenters. The van der Waals surface area contributed by atoms with Crippen molar-refractivity contribution in [2.24, 2.45) is 0 Å². The third-order valence-corrected chi connectivity index (χ3v) is 1.66. The van der Waals surface area contributed by atoms with Crippen molar-refractivity contribution in [3.8, 4) is 11.8 Å². The van der Waals surface area contributed by atoms with E-state index in [0.717, 1.165) is 5.70 Å². The van der Waals surface area contributed by atoms with Crippen LogP contribution in [-0.4, -0.2) is 5.91 Å². The number of amides is 1. The highest BCUT2D eigenvalue weighted by Gasteiger charge is 1.99. The quantitative estimate of drug-likeness (QED) is 0.540. The van der Waals surface area contributed by atoms with E-state index >= 15 is 0 Å². The van der Waals surface area contributed by atoms with E-state index in [1.54, 1.807) is 25.2 Å². The van der Waals surface area contributed by atoms with E-state index in [1.165, 1.54) is 0 Å². The molecule has 0 saturated heterocycles. The molecule has 15 heavy (non-hydrogen) atoms. The minimum absolute atomic E-state index is 0.0143. The molecule has 0 saturated carbocycles. The molecule has 0 aromatic heterocycles. The van der Waals surface area contributed by atoms with Gasteiger partial charge in [-0.15, -0.1) is 11.8 Å². The fraction of sp³-hybridized carbons (Fsp3) is 0.308. The summed E-state index contributed by atoms with van der Waals surface area (Å²) in [5.41, 5.74) is 0.782. The number of carbonyl (C=O) groups is 1. The minimum Gasteiger partial charge on any atom is -0.326 e. The van der Waals surface area contributed by atoms with Crippen molar-refractivity contribution in [3.05, 3.63) is 36.6 Å². The molecule has 0 heterocycles. The van der Waals surface area contributed by atoms with Crippen LogP contribution in [0.15, 0.2) is 36.6 Å². The highest BCUT2D eigenvalue weighted by Crippen LogP contribution is 1.95. The molecule has 0 aliphatic heterocycles. The van der Waals surface area contributed by atoms with Gasteiger partial charge in [0.25, 0.3) is 0 Å². The first-order valence-corrected chi connectivity index (χ1v) is 4.89. The van der Waals surface area contributed by atoms with Gasteiger partial charge in [-0.1, -0.05) is 24.8 Å². The number of nitrogens with one attached hydrogen (secondary N) is 1. The number of hydrogen-bond donors (Lipinski definition) is 1. The zero-order valence-electron chi connectivity index (χ0n) is 9.34. The normalized spacial score (nSPS) is 10.7. The van der Waals surface area contributed by atoms with Crippen molar-refractivity contribution in [1.29, 1.82) is 0 Å². The summed E-state index contributed by atoms with van der Waals surface area (Å²) in [6.45, 7) is 7.20. The zero-order valence-corrected chi connectivity index (χ0v) is 9.34. The molecule has 2 nitrogen and oxygen atoms in total. The van der Waals surface area contributed by atoms with E-state index in [-0.39, 0.29) is 5.91 Å². The second kappa shape index (κ2) is 8.83. The summed E-state index contributed by atoms with van der Waals surface area (Å²) in [7, 11) is 0. The third-order valence-electron chi connectivity index (χ3n) is 1.66.